The second-order valence-corrected chi connectivity index (χ2v) is 6.15. The smallest absolute Gasteiger partial charge is 0.223 e. The Balaban J connectivity index is 2.56. The Hall–Kier alpha value is -1.16. The molecule has 4 heteroatoms. The third-order valence-corrected chi connectivity index (χ3v) is 4.31. The van der Waals surface area contributed by atoms with Crippen molar-refractivity contribution >= 4 is 33.3 Å². The number of carbonyl (C=O) groups is 2. The summed E-state index contributed by atoms with van der Waals surface area (Å²) in [6, 6.07) is 5.69. The molecule has 102 valence electrons. The number of anilines is 1. The maximum Gasteiger partial charge on any atom is 0.223 e. The van der Waals surface area contributed by atoms with Gasteiger partial charge in [-0.25, -0.2) is 0 Å². The van der Waals surface area contributed by atoms with E-state index < -0.39 is 0 Å². The van der Waals surface area contributed by atoms with Gasteiger partial charge in [0.1, 0.15) is 0 Å². The van der Waals surface area contributed by atoms with Crippen molar-refractivity contribution in [1.82, 2.24) is 0 Å². The van der Waals surface area contributed by atoms with Crippen molar-refractivity contribution in [3.63, 3.8) is 0 Å². The van der Waals surface area contributed by atoms with E-state index in [2.05, 4.69) is 29.8 Å². The number of rotatable bonds is 2. The number of amides is 1. The van der Waals surface area contributed by atoms with Crippen molar-refractivity contribution in [3.8, 4) is 0 Å². The number of benzene rings is 1. The number of ketones is 1. The highest BCUT2D eigenvalue weighted by molar-refractivity contribution is 9.09. The molecule has 0 saturated carbocycles. The van der Waals surface area contributed by atoms with Gasteiger partial charge in [-0.05, 0) is 23.5 Å². The van der Waals surface area contributed by atoms with E-state index in [4.69, 9.17) is 0 Å². The molecule has 0 saturated heterocycles. The topological polar surface area (TPSA) is 37.4 Å². The van der Waals surface area contributed by atoms with Crippen LogP contribution >= 0.6 is 15.9 Å². The Bertz CT molecular complexity index is 537. The summed E-state index contributed by atoms with van der Waals surface area (Å²) < 4.78 is 0. The van der Waals surface area contributed by atoms with E-state index in [9.17, 15) is 9.59 Å². The zero-order valence-corrected chi connectivity index (χ0v) is 13.1. The van der Waals surface area contributed by atoms with Crippen molar-refractivity contribution < 1.29 is 9.59 Å². The highest BCUT2D eigenvalue weighted by atomic mass is 79.9. The fraction of sp³-hybridized carbons (Fsp3) is 0.467. The van der Waals surface area contributed by atoms with E-state index in [0.29, 0.717) is 17.4 Å². The van der Waals surface area contributed by atoms with Crippen LogP contribution < -0.4 is 4.90 Å². The van der Waals surface area contributed by atoms with Crippen LogP contribution in [0.2, 0.25) is 0 Å². The van der Waals surface area contributed by atoms with Crippen LogP contribution in [0.5, 0.6) is 0 Å². The van der Waals surface area contributed by atoms with E-state index in [1.807, 2.05) is 18.2 Å². The first kappa shape index (κ1) is 14.3. The lowest BCUT2D eigenvalue weighted by Crippen LogP contribution is -2.40. The molecular formula is C15H18BrNO2. The van der Waals surface area contributed by atoms with E-state index in [0.717, 1.165) is 17.7 Å². The Kier molecular flexibility index (Phi) is 3.81. The summed E-state index contributed by atoms with van der Waals surface area (Å²) in [5, 5.41) is 0.301. The monoisotopic (exact) mass is 323 g/mol. The summed E-state index contributed by atoms with van der Waals surface area (Å²) in [6.07, 6.45) is 0.936. The van der Waals surface area contributed by atoms with Crippen LogP contribution in [0, 0.1) is 0 Å². The second kappa shape index (κ2) is 5.08. The largest absolute Gasteiger partial charge is 0.312 e. The Morgan fingerprint density at radius 2 is 2.05 bits per heavy atom. The lowest BCUT2D eigenvalue weighted by atomic mass is 9.77. The van der Waals surface area contributed by atoms with Crippen molar-refractivity contribution in [3.05, 3.63) is 29.3 Å². The van der Waals surface area contributed by atoms with Gasteiger partial charge in [0, 0.05) is 24.7 Å². The molecule has 1 aromatic carbocycles. The molecule has 2 rings (SSSR count). The van der Waals surface area contributed by atoms with Crippen LogP contribution in [-0.4, -0.2) is 23.6 Å². The molecule has 1 aliphatic rings. The Morgan fingerprint density at radius 3 is 2.63 bits per heavy atom. The molecule has 0 radical (unpaired) electrons. The van der Waals surface area contributed by atoms with Crippen LogP contribution in [0.15, 0.2) is 18.2 Å². The molecule has 1 heterocycles. The van der Waals surface area contributed by atoms with Gasteiger partial charge < -0.3 is 4.90 Å². The van der Waals surface area contributed by atoms with Gasteiger partial charge in [-0.15, -0.1) is 0 Å². The molecular weight excluding hydrogens is 306 g/mol. The third-order valence-electron chi connectivity index (χ3n) is 3.80. The first-order valence-electron chi connectivity index (χ1n) is 6.38. The maximum absolute atomic E-state index is 11.8. The van der Waals surface area contributed by atoms with Crippen molar-refractivity contribution in [2.45, 2.75) is 32.6 Å². The molecule has 0 spiro atoms. The second-order valence-electron chi connectivity index (χ2n) is 5.59. The molecule has 1 aromatic rings. The van der Waals surface area contributed by atoms with Gasteiger partial charge in [-0.3, -0.25) is 9.59 Å². The van der Waals surface area contributed by atoms with Crippen LogP contribution in [0.25, 0.3) is 0 Å². The molecule has 0 aliphatic carbocycles. The molecule has 0 fully saturated rings. The predicted octanol–water partition coefficient (Wildman–Crippen LogP) is 3.30. The molecule has 0 unspecified atom stereocenters. The third kappa shape index (κ3) is 2.59. The minimum Gasteiger partial charge on any atom is -0.312 e. The fourth-order valence-electron chi connectivity index (χ4n) is 2.55. The van der Waals surface area contributed by atoms with Crippen LogP contribution in [0.1, 0.15) is 43.1 Å². The fourth-order valence-corrected chi connectivity index (χ4v) is 2.88. The van der Waals surface area contributed by atoms with Gasteiger partial charge in [0.05, 0.1) is 5.33 Å². The summed E-state index contributed by atoms with van der Waals surface area (Å²) in [7, 11) is 0. The number of nitrogens with zero attached hydrogens (tertiary/aromatic N) is 1. The van der Waals surface area contributed by atoms with Crippen LogP contribution in [-0.2, 0) is 10.2 Å². The molecule has 19 heavy (non-hydrogen) atoms. The number of hydrogen-bond donors (Lipinski definition) is 0. The molecule has 0 aromatic heterocycles. The van der Waals surface area contributed by atoms with Gasteiger partial charge in [0.2, 0.25) is 5.91 Å². The highest BCUT2D eigenvalue weighted by Gasteiger charge is 2.33. The summed E-state index contributed by atoms with van der Waals surface area (Å²) in [5.74, 6) is 0.0647. The highest BCUT2D eigenvalue weighted by Crippen LogP contribution is 2.40. The zero-order valence-electron chi connectivity index (χ0n) is 11.5. The zero-order chi connectivity index (χ0) is 14.2. The Labute approximate surface area is 122 Å². The molecule has 1 aliphatic heterocycles. The van der Waals surface area contributed by atoms with Gasteiger partial charge in [-0.1, -0.05) is 41.9 Å². The SMILES string of the molecule is CC(=O)N1CCC(C)(C)c2ccc(C(=O)CBr)cc21. The first-order valence-corrected chi connectivity index (χ1v) is 7.51. The average molecular weight is 324 g/mol. The van der Waals surface area contributed by atoms with Crippen molar-refractivity contribution in [2.75, 3.05) is 16.8 Å². The van der Waals surface area contributed by atoms with Crippen molar-refractivity contribution in [2.24, 2.45) is 0 Å². The number of hydrogen-bond acceptors (Lipinski definition) is 2. The molecule has 0 N–H and O–H groups in total. The van der Waals surface area contributed by atoms with Gasteiger partial charge in [0.25, 0.3) is 0 Å². The van der Waals surface area contributed by atoms with Gasteiger partial charge >= 0.3 is 0 Å². The number of fused-ring (bicyclic) bond motifs is 1. The lowest BCUT2D eigenvalue weighted by molar-refractivity contribution is -0.116. The summed E-state index contributed by atoms with van der Waals surface area (Å²) in [6.45, 7) is 6.63. The minimum atomic E-state index is 0.0280. The maximum atomic E-state index is 11.8. The average Bonchev–Trinajstić information content (AvgIpc) is 2.36. The summed E-state index contributed by atoms with van der Waals surface area (Å²) in [4.78, 5) is 25.3. The normalized spacial score (nSPS) is 16.9. The quantitative estimate of drug-likeness (QED) is 0.618. The number of Topliss-reactive ketones (excluding diaryl/α,β-unsaturated/α-hetero) is 1. The molecule has 0 bridgehead atoms. The minimum absolute atomic E-state index is 0.0280. The van der Waals surface area contributed by atoms with Crippen LogP contribution in [0.4, 0.5) is 5.69 Å². The first-order chi connectivity index (χ1) is 8.86. The number of halogens is 1. The number of carbonyl (C=O) groups excluding carboxylic acids is 2. The summed E-state index contributed by atoms with van der Waals surface area (Å²) >= 11 is 3.18. The lowest BCUT2D eigenvalue weighted by Gasteiger charge is -2.39. The number of alkyl halides is 1. The van der Waals surface area contributed by atoms with E-state index in [-0.39, 0.29) is 17.1 Å². The molecule has 1 amide bonds. The molecule has 0 atom stereocenters. The van der Waals surface area contributed by atoms with E-state index in [1.165, 1.54) is 0 Å². The molecule has 3 nitrogen and oxygen atoms in total. The van der Waals surface area contributed by atoms with E-state index in [1.54, 1.807) is 11.8 Å². The Morgan fingerprint density at radius 1 is 1.37 bits per heavy atom. The van der Waals surface area contributed by atoms with E-state index >= 15 is 0 Å². The standard InChI is InChI=1S/C15H18BrNO2/c1-10(18)17-7-6-15(2,3)12-5-4-11(8-13(12)17)14(19)9-16/h4-5,8H,6-7,9H2,1-3H3. The summed E-state index contributed by atoms with van der Waals surface area (Å²) in [5.41, 5.74) is 2.72. The van der Waals surface area contributed by atoms with Crippen LogP contribution in [0.3, 0.4) is 0 Å². The van der Waals surface area contributed by atoms with Gasteiger partial charge in [0.15, 0.2) is 5.78 Å². The van der Waals surface area contributed by atoms with Gasteiger partial charge in [-0.2, -0.15) is 0 Å². The van der Waals surface area contributed by atoms with Crippen molar-refractivity contribution in [1.29, 1.82) is 0 Å². The predicted molar refractivity (Wildman–Crippen MR) is 80.2 cm³/mol.